The van der Waals surface area contributed by atoms with Crippen molar-refractivity contribution in [3.63, 3.8) is 0 Å². The summed E-state index contributed by atoms with van der Waals surface area (Å²) in [6, 6.07) is 8.25. The fourth-order valence-electron chi connectivity index (χ4n) is 3.82. The summed E-state index contributed by atoms with van der Waals surface area (Å²) in [6.45, 7) is 7.64. The van der Waals surface area contributed by atoms with Crippen LogP contribution in [0.5, 0.6) is 0 Å². The summed E-state index contributed by atoms with van der Waals surface area (Å²) >= 11 is 6.57. The zero-order valence-corrected chi connectivity index (χ0v) is 15.5. The maximum atomic E-state index is 6.57. The molecule has 2 aliphatic heterocycles. The Morgan fingerprint density at radius 2 is 1.83 bits per heavy atom. The number of nitrogens with zero attached hydrogens (tertiary/aromatic N) is 2. The second-order valence-electron chi connectivity index (χ2n) is 6.39. The third-order valence-corrected chi connectivity index (χ3v) is 5.49. The summed E-state index contributed by atoms with van der Waals surface area (Å²) in [5, 5.41) is 5.48. The van der Waals surface area contributed by atoms with Gasteiger partial charge in [0.2, 0.25) is 0 Å². The molecule has 0 bridgehead atoms. The lowest BCUT2D eigenvalue weighted by molar-refractivity contribution is 0.302. The summed E-state index contributed by atoms with van der Waals surface area (Å²) in [4.78, 5) is 7.32. The Balaban J connectivity index is 0.000000960. The number of benzene rings is 1. The fraction of sp³-hybridized carbons (Fsp3) is 0.471. The van der Waals surface area contributed by atoms with E-state index >= 15 is 0 Å². The molecule has 0 spiro atoms. The molecule has 1 aromatic carbocycles. The number of para-hydroxylation sites is 1. The van der Waals surface area contributed by atoms with Crippen LogP contribution in [0.1, 0.15) is 11.3 Å². The molecule has 23 heavy (non-hydrogen) atoms. The van der Waals surface area contributed by atoms with Crippen LogP contribution in [0.4, 0.5) is 0 Å². The van der Waals surface area contributed by atoms with Crippen molar-refractivity contribution >= 4 is 47.3 Å². The van der Waals surface area contributed by atoms with Gasteiger partial charge in [-0.3, -0.25) is 4.90 Å². The van der Waals surface area contributed by atoms with Crippen LogP contribution in [0.15, 0.2) is 24.3 Å². The first-order chi connectivity index (χ1) is 10.2. The van der Waals surface area contributed by atoms with Gasteiger partial charge in [0.15, 0.2) is 0 Å². The number of hydrogen-bond donors (Lipinski definition) is 1. The summed E-state index contributed by atoms with van der Waals surface area (Å²) in [5.74, 6) is 1.62. The molecule has 0 radical (unpaired) electrons. The number of fused-ring (bicyclic) bond motifs is 2. The van der Waals surface area contributed by atoms with E-state index in [4.69, 9.17) is 16.6 Å². The van der Waals surface area contributed by atoms with Crippen LogP contribution in [-0.4, -0.2) is 36.1 Å². The predicted octanol–water partition coefficient (Wildman–Crippen LogP) is 3.69. The zero-order chi connectivity index (χ0) is 14.4. The van der Waals surface area contributed by atoms with E-state index in [9.17, 15) is 0 Å². The molecule has 3 heterocycles. The van der Waals surface area contributed by atoms with Crippen LogP contribution < -0.4 is 5.32 Å². The molecule has 0 saturated carbocycles. The average Bonchev–Trinajstić information content (AvgIpc) is 3.05. The van der Waals surface area contributed by atoms with Gasteiger partial charge in [-0.25, -0.2) is 4.98 Å². The second kappa shape index (κ2) is 7.54. The second-order valence-corrected chi connectivity index (χ2v) is 6.77. The van der Waals surface area contributed by atoms with E-state index in [0.717, 1.165) is 45.6 Å². The predicted molar refractivity (Wildman–Crippen MR) is 101 cm³/mol. The van der Waals surface area contributed by atoms with Crippen LogP contribution in [-0.2, 0) is 6.54 Å². The summed E-state index contributed by atoms with van der Waals surface area (Å²) in [6.07, 6.45) is 0. The molecular formula is C17H22Cl3N3. The lowest BCUT2D eigenvalue weighted by Gasteiger charge is -2.18. The molecule has 126 valence electrons. The SMILES string of the molecule is Cc1c(Cl)c(CN2C[C@H]3CNC[C@H]3C2)nc2ccccc12.Cl.Cl. The number of hydrogen-bond acceptors (Lipinski definition) is 3. The molecule has 0 amide bonds. The highest BCUT2D eigenvalue weighted by atomic mass is 35.5. The van der Waals surface area contributed by atoms with Gasteiger partial charge >= 0.3 is 0 Å². The van der Waals surface area contributed by atoms with Gasteiger partial charge in [0.25, 0.3) is 0 Å². The fourth-order valence-corrected chi connectivity index (χ4v) is 4.02. The lowest BCUT2D eigenvalue weighted by Crippen LogP contribution is -2.26. The van der Waals surface area contributed by atoms with Gasteiger partial charge in [-0.1, -0.05) is 29.8 Å². The molecule has 2 saturated heterocycles. The van der Waals surface area contributed by atoms with Crippen molar-refractivity contribution in [2.45, 2.75) is 13.5 Å². The largest absolute Gasteiger partial charge is 0.316 e. The molecule has 1 aromatic heterocycles. The number of aryl methyl sites for hydroxylation is 1. The number of aromatic nitrogens is 1. The molecule has 1 N–H and O–H groups in total. The molecule has 0 aliphatic carbocycles. The lowest BCUT2D eigenvalue weighted by atomic mass is 10.0. The standard InChI is InChI=1S/C17H20ClN3.2ClH/c1-11-14-4-2-3-5-15(14)20-16(17(11)18)10-21-8-12-6-19-7-13(12)9-21;;/h2-5,12-13,19H,6-10H2,1H3;2*1H/t12-,13+;;. The first-order valence-corrected chi connectivity index (χ1v) is 8.07. The number of halogens is 3. The quantitative estimate of drug-likeness (QED) is 0.869. The first-order valence-electron chi connectivity index (χ1n) is 7.69. The van der Waals surface area contributed by atoms with E-state index in [-0.39, 0.29) is 24.8 Å². The topological polar surface area (TPSA) is 28.2 Å². The molecule has 2 fully saturated rings. The highest BCUT2D eigenvalue weighted by molar-refractivity contribution is 6.32. The molecule has 6 heteroatoms. The molecule has 3 nitrogen and oxygen atoms in total. The summed E-state index contributed by atoms with van der Waals surface area (Å²) < 4.78 is 0. The third kappa shape index (κ3) is 3.45. The van der Waals surface area contributed by atoms with Crippen molar-refractivity contribution < 1.29 is 0 Å². The number of pyridine rings is 1. The van der Waals surface area contributed by atoms with E-state index in [1.54, 1.807) is 0 Å². The van der Waals surface area contributed by atoms with Gasteiger partial charge in [-0.2, -0.15) is 0 Å². The third-order valence-electron chi connectivity index (χ3n) is 4.98. The average molecular weight is 375 g/mol. The van der Waals surface area contributed by atoms with Crippen LogP contribution >= 0.6 is 36.4 Å². The zero-order valence-electron chi connectivity index (χ0n) is 13.1. The van der Waals surface area contributed by atoms with Gasteiger partial charge in [-0.15, -0.1) is 24.8 Å². The minimum absolute atomic E-state index is 0. The molecule has 2 atom stereocenters. The van der Waals surface area contributed by atoms with Crippen molar-refractivity contribution in [2.75, 3.05) is 26.2 Å². The number of rotatable bonds is 2. The first kappa shape index (κ1) is 18.8. The Morgan fingerprint density at radius 3 is 2.52 bits per heavy atom. The van der Waals surface area contributed by atoms with Crippen molar-refractivity contribution in [3.8, 4) is 0 Å². The summed E-state index contributed by atoms with van der Waals surface area (Å²) in [7, 11) is 0. The molecule has 2 aromatic rings. The minimum atomic E-state index is 0. The maximum Gasteiger partial charge on any atom is 0.0740 e. The molecular weight excluding hydrogens is 353 g/mol. The molecule has 4 rings (SSSR count). The highest BCUT2D eigenvalue weighted by Gasteiger charge is 2.36. The van der Waals surface area contributed by atoms with Crippen LogP contribution in [0, 0.1) is 18.8 Å². The van der Waals surface area contributed by atoms with Crippen LogP contribution in [0.3, 0.4) is 0 Å². The van der Waals surface area contributed by atoms with Crippen LogP contribution in [0.2, 0.25) is 5.02 Å². The normalized spacial score (nSPS) is 23.4. The molecule has 2 aliphatic rings. The van der Waals surface area contributed by atoms with Gasteiger partial charge < -0.3 is 5.32 Å². The summed E-state index contributed by atoms with van der Waals surface area (Å²) in [5.41, 5.74) is 3.23. The van der Waals surface area contributed by atoms with Crippen molar-refractivity contribution in [1.82, 2.24) is 15.2 Å². The minimum Gasteiger partial charge on any atom is -0.316 e. The molecule has 0 unspecified atom stereocenters. The Kier molecular flexibility index (Phi) is 6.15. The van der Waals surface area contributed by atoms with E-state index in [1.807, 2.05) is 12.1 Å². The van der Waals surface area contributed by atoms with Crippen molar-refractivity contribution in [1.29, 1.82) is 0 Å². The monoisotopic (exact) mass is 373 g/mol. The number of likely N-dealkylation sites (tertiary alicyclic amines) is 1. The highest BCUT2D eigenvalue weighted by Crippen LogP contribution is 2.31. The Labute approximate surface area is 154 Å². The number of nitrogens with one attached hydrogen (secondary N) is 1. The van der Waals surface area contributed by atoms with E-state index in [0.29, 0.717) is 0 Å². The van der Waals surface area contributed by atoms with Crippen molar-refractivity contribution in [3.05, 3.63) is 40.5 Å². The van der Waals surface area contributed by atoms with E-state index in [2.05, 4.69) is 29.3 Å². The van der Waals surface area contributed by atoms with E-state index < -0.39 is 0 Å². The van der Waals surface area contributed by atoms with Gasteiger partial charge in [0, 0.05) is 25.0 Å². The van der Waals surface area contributed by atoms with Gasteiger partial charge in [0.05, 0.1) is 16.2 Å². The van der Waals surface area contributed by atoms with Gasteiger partial charge in [-0.05, 0) is 43.5 Å². The van der Waals surface area contributed by atoms with E-state index in [1.165, 1.54) is 26.2 Å². The smallest absolute Gasteiger partial charge is 0.0740 e. The van der Waals surface area contributed by atoms with Crippen molar-refractivity contribution in [2.24, 2.45) is 11.8 Å². The maximum absolute atomic E-state index is 6.57. The van der Waals surface area contributed by atoms with Gasteiger partial charge in [0.1, 0.15) is 0 Å². The Morgan fingerprint density at radius 1 is 1.17 bits per heavy atom. The van der Waals surface area contributed by atoms with Crippen LogP contribution in [0.25, 0.3) is 10.9 Å². The Hall–Kier alpha value is -0.580. The Bertz CT molecular complexity index is 680.